The van der Waals surface area contributed by atoms with Crippen LogP contribution in [0.1, 0.15) is 0 Å². The summed E-state index contributed by atoms with van der Waals surface area (Å²) in [6.07, 6.45) is 0.292. The molecular weight excluding hydrogens is 78.8 g/mol. The quantitative estimate of drug-likeness (QED) is 0.479. The van der Waals surface area contributed by atoms with Gasteiger partial charge in [-0.15, -0.1) is 0 Å². The molecule has 0 spiro atoms. The van der Waals surface area contributed by atoms with Gasteiger partial charge in [-0.05, 0) is 0 Å². The lowest BCUT2D eigenvalue weighted by molar-refractivity contribution is -0.134. The topological polar surface area (TPSA) is 37.3 Å². The number of hydrogen-bond acceptors (Lipinski definition) is 1. The molecule has 0 bridgehead atoms. The second-order valence-corrected chi connectivity index (χ2v) is 1.14. The molecule has 0 saturated carbocycles. The number of carbonyl (C=O) groups is 1. The van der Waals surface area contributed by atoms with Gasteiger partial charge in [-0.1, -0.05) is 6.82 Å². The highest BCUT2D eigenvalue weighted by atomic mass is 16.4. The summed E-state index contributed by atoms with van der Waals surface area (Å²) in [5, 5.41) is 7.91. The molecule has 2 nitrogen and oxygen atoms in total. The Morgan fingerprint density at radius 1 is 2.00 bits per heavy atom. The van der Waals surface area contributed by atoms with E-state index >= 15 is 0 Å². The van der Waals surface area contributed by atoms with Crippen molar-refractivity contribution in [2.75, 3.05) is 0 Å². The van der Waals surface area contributed by atoms with Gasteiger partial charge in [-0.3, -0.25) is 4.79 Å². The Labute approximate surface area is 37.4 Å². The van der Waals surface area contributed by atoms with Gasteiger partial charge in [0.2, 0.25) is 0 Å². The van der Waals surface area contributed by atoms with Gasteiger partial charge in [0.1, 0.15) is 7.28 Å². The second-order valence-electron chi connectivity index (χ2n) is 1.14. The van der Waals surface area contributed by atoms with Crippen LogP contribution >= 0.6 is 0 Å². The number of carboxylic acids is 1. The Hall–Kier alpha value is -0.465. The first-order chi connectivity index (χ1) is 2.77. The highest BCUT2D eigenvalue weighted by Gasteiger charge is 1.89. The van der Waals surface area contributed by atoms with Crippen molar-refractivity contribution in [1.82, 2.24) is 0 Å². The largest absolute Gasteiger partial charge is 0.482 e. The Balaban J connectivity index is 2.83. The Kier molecular flexibility index (Phi) is 2.54. The van der Waals surface area contributed by atoms with Gasteiger partial charge >= 0.3 is 0 Å². The number of hydrogen-bond donors (Lipinski definition) is 1. The van der Waals surface area contributed by atoms with E-state index in [1.165, 1.54) is 0 Å². The summed E-state index contributed by atoms with van der Waals surface area (Å²) in [5.41, 5.74) is 0. The molecule has 0 aromatic heterocycles. The van der Waals surface area contributed by atoms with Gasteiger partial charge in [0.15, 0.2) is 0 Å². The first-order valence-electron chi connectivity index (χ1n) is 1.99. The van der Waals surface area contributed by atoms with Gasteiger partial charge in [-0.25, -0.2) is 0 Å². The number of rotatable bonds is 2. The fourth-order valence-corrected chi connectivity index (χ4v) is 0.214. The van der Waals surface area contributed by atoms with Crippen LogP contribution in [0.2, 0.25) is 13.1 Å². The lowest BCUT2D eigenvalue weighted by Gasteiger charge is -1.77. The van der Waals surface area contributed by atoms with E-state index in [0.717, 1.165) is 7.28 Å². The van der Waals surface area contributed by atoms with Gasteiger partial charge in [0.05, 0.1) is 0 Å². The number of aliphatic carboxylic acids is 1. The third-order valence-corrected chi connectivity index (χ3v) is 0.464. The molecule has 3 heteroatoms. The minimum Gasteiger partial charge on any atom is -0.482 e. The van der Waals surface area contributed by atoms with Crippen LogP contribution in [0.4, 0.5) is 0 Å². The minimum atomic E-state index is -0.711. The molecule has 0 aromatic carbocycles. The molecular formula is C3H7BO2. The van der Waals surface area contributed by atoms with Crippen LogP contribution in [0, 0.1) is 0 Å². The Morgan fingerprint density at radius 3 is 2.50 bits per heavy atom. The first-order valence-corrected chi connectivity index (χ1v) is 1.99. The van der Waals surface area contributed by atoms with Crippen LogP contribution in [-0.4, -0.2) is 18.4 Å². The van der Waals surface area contributed by atoms with Crippen molar-refractivity contribution in [3.63, 3.8) is 0 Å². The van der Waals surface area contributed by atoms with Gasteiger partial charge in [0, 0.05) is 6.32 Å². The first kappa shape index (κ1) is 5.53. The number of carboxylic acid groups (broad SMARTS) is 1. The molecule has 0 radical (unpaired) electrons. The third-order valence-electron chi connectivity index (χ3n) is 0.464. The molecule has 0 heterocycles. The molecule has 0 aliphatic carbocycles. The Morgan fingerprint density at radius 2 is 2.50 bits per heavy atom. The summed E-state index contributed by atoms with van der Waals surface area (Å²) in [7, 11) is 0.731. The summed E-state index contributed by atoms with van der Waals surface area (Å²) < 4.78 is 0. The zero-order valence-corrected chi connectivity index (χ0v) is 3.77. The van der Waals surface area contributed by atoms with Crippen LogP contribution < -0.4 is 0 Å². The summed E-state index contributed by atoms with van der Waals surface area (Å²) in [6, 6.07) is 0. The average Bonchev–Trinajstić information content (AvgIpc) is 1.35. The van der Waals surface area contributed by atoms with E-state index in [0.29, 0.717) is 6.32 Å². The van der Waals surface area contributed by atoms with Gasteiger partial charge in [0.25, 0.3) is 5.97 Å². The van der Waals surface area contributed by atoms with Crippen molar-refractivity contribution >= 4 is 13.2 Å². The molecule has 0 rings (SSSR count). The zero-order valence-electron chi connectivity index (χ0n) is 3.77. The van der Waals surface area contributed by atoms with Crippen LogP contribution in [0.3, 0.4) is 0 Å². The predicted molar refractivity (Wildman–Crippen MR) is 25.5 cm³/mol. The molecule has 0 aliphatic heterocycles. The standard InChI is InChI=1S/C3H7BO2/c1-4-2-3(5)6/h4H,2H2,1H3,(H,5,6). The van der Waals surface area contributed by atoms with E-state index in [-0.39, 0.29) is 0 Å². The fourth-order valence-electron chi connectivity index (χ4n) is 0.214. The monoisotopic (exact) mass is 86.1 g/mol. The van der Waals surface area contributed by atoms with Gasteiger partial charge < -0.3 is 5.11 Å². The van der Waals surface area contributed by atoms with Crippen LogP contribution in [0.5, 0.6) is 0 Å². The lowest BCUT2D eigenvalue weighted by Crippen LogP contribution is -1.95. The second kappa shape index (κ2) is 2.76. The molecule has 1 N–H and O–H groups in total. The van der Waals surface area contributed by atoms with Crippen LogP contribution in [-0.2, 0) is 4.79 Å². The van der Waals surface area contributed by atoms with Crippen LogP contribution in [0.15, 0.2) is 0 Å². The third kappa shape index (κ3) is 3.53. The Bertz CT molecular complexity index is 52.8. The van der Waals surface area contributed by atoms with Crippen molar-refractivity contribution < 1.29 is 9.90 Å². The van der Waals surface area contributed by atoms with E-state index < -0.39 is 5.97 Å². The molecule has 34 valence electrons. The average molecular weight is 85.9 g/mol. The molecule has 0 saturated heterocycles. The SMILES string of the molecule is CBCC(=O)O. The minimum absolute atomic E-state index is 0.292. The van der Waals surface area contributed by atoms with E-state index in [1.807, 2.05) is 6.82 Å². The summed E-state index contributed by atoms with van der Waals surface area (Å²) in [5.74, 6) is -0.711. The van der Waals surface area contributed by atoms with E-state index in [2.05, 4.69) is 0 Å². The maximum Gasteiger partial charge on any atom is 0.295 e. The molecule has 0 amide bonds. The van der Waals surface area contributed by atoms with Crippen molar-refractivity contribution in [1.29, 1.82) is 0 Å². The predicted octanol–water partition coefficient (Wildman–Crippen LogP) is -0.0261. The molecule has 0 atom stereocenters. The highest BCUT2D eigenvalue weighted by Crippen LogP contribution is 1.72. The fraction of sp³-hybridized carbons (Fsp3) is 0.667. The summed E-state index contributed by atoms with van der Waals surface area (Å²) in [4.78, 5) is 9.60. The van der Waals surface area contributed by atoms with E-state index in [4.69, 9.17) is 5.11 Å². The molecule has 0 fully saturated rings. The molecule has 0 unspecified atom stereocenters. The van der Waals surface area contributed by atoms with Crippen molar-refractivity contribution in [3.8, 4) is 0 Å². The zero-order chi connectivity index (χ0) is 4.99. The van der Waals surface area contributed by atoms with E-state index in [9.17, 15) is 4.79 Å². The normalized spacial score (nSPS) is 7.50. The summed E-state index contributed by atoms with van der Waals surface area (Å²) in [6.45, 7) is 1.84. The maximum atomic E-state index is 9.60. The molecule has 0 aliphatic rings. The van der Waals surface area contributed by atoms with Crippen LogP contribution in [0.25, 0.3) is 0 Å². The van der Waals surface area contributed by atoms with Crippen molar-refractivity contribution in [3.05, 3.63) is 0 Å². The van der Waals surface area contributed by atoms with Gasteiger partial charge in [-0.2, -0.15) is 0 Å². The lowest BCUT2D eigenvalue weighted by atomic mass is 9.78. The van der Waals surface area contributed by atoms with E-state index in [1.54, 1.807) is 0 Å². The van der Waals surface area contributed by atoms with Crippen molar-refractivity contribution in [2.24, 2.45) is 0 Å². The summed E-state index contributed by atoms with van der Waals surface area (Å²) >= 11 is 0. The smallest absolute Gasteiger partial charge is 0.295 e. The maximum absolute atomic E-state index is 9.60. The molecule has 6 heavy (non-hydrogen) atoms. The highest BCUT2D eigenvalue weighted by molar-refractivity contribution is 6.38. The van der Waals surface area contributed by atoms with Crippen molar-refractivity contribution in [2.45, 2.75) is 13.1 Å². The molecule has 0 aromatic rings.